The molecule has 2 N–H and O–H groups in total. The molecule has 1 aromatic rings. The van der Waals surface area contributed by atoms with Crippen LogP contribution in [0.4, 0.5) is 0 Å². The van der Waals surface area contributed by atoms with Gasteiger partial charge in [0.15, 0.2) is 0 Å². The predicted octanol–water partition coefficient (Wildman–Crippen LogP) is 1.94. The maximum atomic E-state index is 5.59. The summed E-state index contributed by atoms with van der Waals surface area (Å²) in [7, 11) is 1.64. The van der Waals surface area contributed by atoms with Gasteiger partial charge in [0, 0.05) is 12.1 Å². The van der Waals surface area contributed by atoms with E-state index >= 15 is 0 Å². The van der Waals surface area contributed by atoms with Crippen molar-refractivity contribution in [3.63, 3.8) is 0 Å². The van der Waals surface area contributed by atoms with Gasteiger partial charge in [0.25, 0.3) is 0 Å². The Morgan fingerprint density at radius 2 is 2.14 bits per heavy atom. The Labute approximate surface area is 84.8 Å². The molecule has 0 aliphatic heterocycles. The van der Waals surface area contributed by atoms with Crippen molar-refractivity contribution in [2.24, 2.45) is 5.73 Å². The van der Waals surface area contributed by atoms with E-state index in [9.17, 15) is 0 Å². The zero-order valence-electron chi connectivity index (χ0n) is 8.75. The predicted molar refractivity (Wildman–Crippen MR) is 56.7 cm³/mol. The highest BCUT2D eigenvalue weighted by Crippen LogP contribution is 2.23. The molecule has 1 aromatic carbocycles. The Kier molecular flexibility index (Phi) is 4.26. The highest BCUT2D eigenvalue weighted by Gasteiger charge is 2.02. The van der Waals surface area contributed by atoms with Crippen molar-refractivity contribution >= 4 is 0 Å². The smallest absolute Gasteiger partial charge is 0.123 e. The minimum atomic E-state index is 0.465. The molecule has 0 saturated carbocycles. The van der Waals surface area contributed by atoms with Gasteiger partial charge in [-0.3, -0.25) is 0 Å². The van der Waals surface area contributed by atoms with Crippen LogP contribution >= 0.6 is 0 Å². The van der Waals surface area contributed by atoms with E-state index in [1.54, 1.807) is 7.11 Å². The molecule has 0 amide bonds. The third-order valence-corrected chi connectivity index (χ3v) is 1.94. The Morgan fingerprint density at radius 3 is 2.71 bits per heavy atom. The van der Waals surface area contributed by atoms with Gasteiger partial charge in [0.1, 0.15) is 11.5 Å². The van der Waals surface area contributed by atoms with Crippen LogP contribution in [-0.4, -0.2) is 13.7 Å². The van der Waals surface area contributed by atoms with Crippen LogP contribution in [0.3, 0.4) is 0 Å². The van der Waals surface area contributed by atoms with Crippen LogP contribution in [-0.2, 0) is 6.54 Å². The summed E-state index contributed by atoms with van der Waals surface area (Å²) < 4.78 is 10.6. The normalized spacial score (nSPS) is 9.93. The molecule has 0 aliphatic rings. The number of benzene rings is 1. The third-order valence-electron chi connectivity index (χ3n) is 1.94. The molecule has 0 saturated heterocycles. The van der Waals surface area contributed by atoms with E-state index in [0.29, 0.717) is 6.54 Å². The summed E-state index contributed by atoms with van der Waals surface area (Å²) in [6, 6.07) is 5.70. The van der Waals surface area contributed by atoms with Crippen molar-refractivity contribution in [3.8, 4) is 11.5 Å². The minimum absolute atomic E-state index is 0.465. The van der Waals surface area contributed by atoms with Gasteiger partial charge in [-0.05, 0) is 24.6 Å². The van der Waals surface area contributed by atoms with Crippen molar-refractivity contribution in [2.45, 2.75) is 19.9 Å². The molecule has 14 heavy (non-hydrogen) atoms. The average molecular weight is 195 g/mol. The monoisotopic (exact) mass is 195 g/mol. The van der Waals surface area contributed by atoms with Gasteiger partial charge in [-0.2, -0.15) is 0 Å². The summed E-state index contributed by atoms with van der Waals surface area (Å²) in [6.45, 7) is 3.27. The maximum absolute atomic E-state index is 5.59. The van der Waals surface area contributed by atoms with Crippen molar-refractivity contribution in [3.05, 3.63) is 23.8 Å². The molecule has 1 rings (SSSR count). The SMILES string of the molecule is CCCOc1ccc(OC)c(CN)c1. The Bertz CT molecular complexity index is 287. The summed E-state index contributed by atoms with van der Waals surface area (Å²) in [6.07, 6.45) is 1.00. The molecule has 0 aliphatic carbocycles. The summed E-state index contributed by atoms with van der Waals surface area (Å²) in [5, 5.41) is 0. The molecule has 0 unspecified atom stereocenters. The first-order chi connectivity index (χ1) is 6.81. The van der Waals surface area contributed by atoms with Gasteiger partial charge in [0.05, 0.1) is 13.7 Å². The molecule has 3 nitrogen and oxygen atoms in total. The molecule has 3 heteroatoms. The van der Waals surface area contributed by atoms with Gasteiger partial charge in [-0.1, -0.05) is 6.92 Å². The Morgan fingerprint density at radius 1 is 1.36 bits per heavy atom. The number of rotatable bonds is 5. The number of methoxy groups -OCH3 is 1. The summed E-state index contributed by atoms with van der Waals surface area (Å²) >= 11 is 0. The van der Waals surface area contributed by atoms with E-state index in [4.69, 9.17) is 15.2 Å². The second kappa shape index (κ2) is 5.50. The van der Waals surface area contributed by atoms with Gasteiger partial charge >= 0.3 is 0 Å². The largest absolute Gasteiger partial charge is 0.496 e. The van der Waals surface area contributed by atoms with E-state index in [2.05, 4.69) is 6.92 Å². The third kappa shape index (κ3) is 2.64. The van der Waals surface area contributed by atoms with Crippen LogP contribution in [0.5, 0.6) is 11.5 Å². The number of hydrogen-bond donors (Lipinski definition) is 1. The van der Waals surface area contributed by atoms with Gasteiger partial charge < -0.3 is 15.2 Å². The standard InChI is InChI=1S/C11H17NO2/c1-3-6-14-10-4-5-11(13-2)9(7-10)8-12/h4-5,7H,3,6,8,12H2,1-2H3. The fourth-order valence-electron chi connectivity index (χ4n) is 1.22. The van der Waals surface area contributed by atoms with E-state index in [1.165, 1.54) is 0 Å². The summed E-state index contributed by atoms with van der Waals surface area (Å²) in [4.78, 5) is 0. The molecular formula is C11H17NO2. The first-order valence-corrected chi connectivity index (χ1v) is 4.81. The topological polar surface area (TPSA) is 44.5 Å². The van der Waals surface area contributed by atoms with Crippen LogP contribution in [0.25, 0.3) is 0 Å². The number of ether oxygens (including phenoxy) is 2. The average Bonchev–Trinajstić information content (AvgIpc) is 2.25. The fourth-order valence-corrected chi connectivity index (χ4v) is 1.22. The van der Waals surface area contributed by atoms with Crippen LogP contribution < -0.4 is 15.2 Å². The minimum Gasteiger partial charge on any atom is -0.496 e. The second-order valence-electron chi connectivity index (χ2n) is 3.03. The van der Waals surface area contributed by atoms with Crippen LogP contribution in [0, 0.1) is 0 Å². The lowest BCUT2D eigenvalue weighted by Gasteiger charge is -2.09. The molecule has 0 fully saturated rings. The Balaban J connectivity index is 2.79. The second-order valence-corrected chi connectivity index (χ2v) is 3.03. The molecule has 0 atom stereocenters. The van der Waals surface area contributed by atoms with Crippen LogP contribution in [0.15, 0.2) is 18.2 Å². The van der Waals surface area contributed by atoms with E-state index < -0.39 is 0 Å². The highest BCUT2D eigenvalue weighted by molar-refractivity contribution is 5.40. The highest BCUT2D eigenvalue weighted by atomic mass is 16.5. The molecule has 0 heterocycles. The Hall–Kier alpha value is -1.22. The van der Waals surface area contributed by atoms with Crippen molar-refractivity contribution < 1.29 is 9.47 Å². The zero-order chi connectivity index (χ0) is 10.4. The first kappa shape index (κ1) is 10.9. The van der Waals surface area contributed by atoms with E-state index in [0.717, 1.165) is 30.1 Å². The maximum Gasteiger partial charge on any atom is 0.123 e. The van der Waals surface area contributed by atoms with Crippen LogP contribution in [0.2, 0.25) is 0 Å². The fraction of sp³-hybridized carbons (Fsp3) is 0.455. The molecule has 0 bridgehead atoms. The molecule has 0 aromatic heterocycles. The van der Waals surface area contributed by atoms with Crippen LogP contribution in [0.1, 0.15) is 18.9 Å². The molecule has 0 spiro atoms. The van der Waals surface area contributed by atoms with Gasteiger partial charge in [0.2, 0.25) is 0 Å². The molecular weight excluding hydrogens is 178 g/mol. The first-order valence-electron chi connectivity index (χ1n) is 4.81. The zero-order valence-corrected chi connectivity index (χ0v) is 8.75. The molecule has 78 valence electrons. The lowest BCUT2D eigenvalue weighted by atomic mass is 10.2. The number of hydrogen-bond acceptors (Lipinski definition) is 3. The van der Waals surface area contributed by atoms with E-state index in [1.807, 2.05) is 18.2 Å². The lowest BCUT2D eigenvalue weighted by Crippen LogP contribution is -2.01. The van der Waals surface area contributed by atoms with Gasteiger partial charge in [-0.15, -0.1) is 0 Å². The van der Waals surface area contributed by atoms with E-state index in [-0.39, 0.29) is 0 Å². The summed E-state index contributed by atoms with van der Waals surface area (Å²) in [5.41, 5.74) is 6.56. The quantitative estimate of drug-likeness (QED) is 0.781. The van der Waals surface area contributed by atoms with Gasteiger partial charge in [-0.25, -0.2) is 0 Å². The lowest BCUT2D eigenvalue weighted by molar-refractivity contribution is 0.316. The number of nitrogens with two attached hydrogens (primary N) is 1. The molecule has 0 radical (unpaired) electrons. The van der Waals surface area contributed by atoms with Crippen molar-refractivity contribution in [1.82, 2.24) is 0 Å². The van der Waals surface area contributed by atoms with Crippen molar-refractivity contribution in [1.29, 1.82) is 0 Å². The van der Waals surface area contributed by atoms with Crippen molar-refractivity contribution in [2.75, 3.05) is 13.7 Å². The summed E-state index contributed by atoms with van der Waals surface area (Å²) in [5.74, 6) is 1.67.